The van der Waals surface area contributed by atoms with Gasteiger partial charge in [0.1, 0.15) is 0 Å². The van der Waals surface area contributed by atoms with Gasteiger partial charge in [0.15, 0.2) is 0 Å². The lowest BCUT2D eigenvalue weighted by Gasteiger charge is -2.43. The van der Waals surface area contributed by atoms with Crippen molar-refractivity contribution in [1.82, 2.24) is 4.90 Å². The van der Waals surface area contributed by atoms with Crippen LogP contribution in [-0.4, -0.2) is 35.7 Å². The second-order valence-electron chi connectivity index (χ2n) is 8.71. The van der Waals surface area contributed by atoms with E-state index in [4.69, 9.17) is 0 Å². The highest BCUT2D eigenvalue weighted by Gasteiger charge is 2.36. The van der Waals surface area contributed by atoms with E-state index in [9.17, 15) is 5.11 Å². The number of aliphatic hydroxyl groups excluding tert-OH is 1. The van der Waals surface area contributed by atoms with Gasteiger partial charge < -0.3 is 10.0 Å². The van der Waals surface area contributed by atoms with Crippen LogP contribution in [0.4, 0.5) is 0 Å². The number of rotatable bonds is 2. The van der Waals surface area contributed by atoms with Gasteiger partial charge in [-0.05, 0) is 61.3 Å². The molecule has 0 spiro atoms. The minimum absolute atomic E-state index is 0.0664. The van der Waals surface area contributed by atoms with Crippen LogP contribution < -0.4 is 0 Å². The Hall–Kier alpha value is -0.0800. The van der Waals surface area contributed by atoms with E-state index in [0.29, 0.717) is 11.3 Å². The fourth-order valence-corrected chi connectivity index (χ4v) is 4.08. The summed E-state index contributed by atoms with van der Waals surface area (Å²) in [6.45, 7) is 15.4. The first kappa shape index (κ1) is 16.3. The first-order chi connectivity index (χ1) is 9.27. The molecule has 5 unspecified atom stereocenters. The molecule has 1 saturated carbocycles. The molecule has 118 valence electrons. The van der Waals surface area contributed by atoms with Crippen molar-refractivity contribution in [1.29, 1.82) is 0 Å². The standard InChI is InChI=1S/C18H35NO/c1-13-8-9-19(11-14(13)2)12-15-10-16(18(3,4)5)6-7-17(15)20/h13-17,20H,6-12H2,1-5H3. The van der Waals surface area contributed by atoms with Gasteiger partial charge in [-0.1, -0.05) is 34.6 Å². The maximum absolute atomic E-state index is 10.4. The molecular weight excluding hydrogens is 246 g/mol. The maximum Gasteiger partial charge on any atom is 0.0580 e. The zero-order valence-corrected chi connectivity index (χ0v) is 14.2. The molecule has 1 N–H and O–H groups in total. The second-order valence-corrected chi connectivity index (χ2v) is 8.71. The summed E-state index contributed by atoms with van der Waals surface area (Å²) in [5, 5.41) is 10.4. The number of aliphatic hydroxyl groups is 1. The third kappa shape index (κ3) is 3.98. The Bertz CT molecular complexity index is 309. The van der Waals surface area contributed by atoms with Gasteiger partial charge in [-0.3, -0.25) is 0 Å². The third-order valence-corrected chi connectivity index (χ3v) is 6.08. The molecule has 1 aliphatic carbocycles. The zero-order chi connectivity index (χ0) is 14.9. The fraction of sp³-hybridized carbons (Fsp3) is 1.00. The van der Waals surface area contributed by atoms with Crippen molar-refractivity contribution in [2.75, 3.05) is 19.6 Å². The summed E-state index contributed by atoms with van der Waals surface area (Å²) in [4.78, 5) is 2.61. The van der Waals surface area contributed by atoms with E-state index in [1.807, 2.05) is 0 Å². The lowest BCUT2D eigenvalue weighted by Crippen LogP contribution is -2.45. The second kappa shape index (κ2) is 6.36. The minimum atomic E-state index is -0.0664. The first-order valence-corrected chi connectivity index (χ1v) is 8.67. The highest BCUT2D eigenvalue weighted by Crippen LogP contribution is 2.40. The van der Waals surface area contributed by atoms with Crippen LogP contribution in [0, 0.1) is 29.1 Å². The lowest BCUT2D eigenvalue weighted by molar-refractivity contribution is -0.00539. The summed E-state index contributed by atoms with van der Waals surface area (Å²) >= 11 is 0. The van der Waals surface area contributed by atoms with Crippen molar-refractivity contribution >= 4 is 0 Å². The SMILES string of the molecule is CC1CCN(CC2CC(C(C)(C)C)CCC2O)CC1C. The highest BCUT2D eigenvalue weighted by molar-refractivity contribution is 4.88. The summed E-state index contributed by atoms with van der Waals surface area (Å²) in [5.41, 5.74) is 0.391. The fourth-order valence-electron chi connectivity index (χ4n) is 4.08. The van der Waals surface area contributed by atoms with Crippen LogP contribution in [0.1, 0.15) is 60.3 Å². The van der Waals surface area contributed by atoms with Crippen LogP contribution in [0.15, 0.2) is 0 Å². The topological polar surface area (TPSA) is 23.5 Å². The highest BCUT2D eigenvalue weighted by atomic mass is 16.3. The molecule has 0 aromatic heterocycles. The molecule has 0 radical (unpaired) electrons. The molecule has 0 amide bonds. The van der Waals surface area contributed by atoms with Crippen LogP contribution in [0.3, 0.4) is 0 Å². The Balaban J connectivity index is 1.90. The van der Waals surface area contributed by atoms with Crippen molar-refractivity contribution < 1.29 is 5.11 Å². The van der Waals surface area contributed by atoms with E-state index in [1.165, 1.54) is 32.4 Å². The predicted molar refractivity (Wildman–Crippen MR) is 85.7 cm³/mol. The van der Waals surface area contributed by atoms with E-state index in [2.05, 4.69) is 39.5 Å². The van der Waals surface area contributed by atoms with Crippen molar-refractivity contribution in [3.05, 3.63) is 0 Å². The number of likely N-dealkylation sites (tertiary alicyclic amines) is 1. The van der Waals surface area contributed by atoms with Gasteiger partial charge in [-0.2, -0.15) is 0 Å². The van der Waals surface area contributed by atoms with E-state index < -0.39 is 0 Å². The summed E-state index contributed by atoms with van der Waals surface area (Å²) in [5.74, 6) is 2.94. The van der Waals surface area contributed by atoms with Gasteiger partial charge in [-0.25, -0.2) is 0 Å². The molecule has 5 atom stereocenters. The van der Waals surface area contributed by atoms with Crippen molar-refractivity contribution in [2.24, 2.45) is 29.1 Å². The normalized spacial score (nSPS) is 40.8. The van der Waals surface area contributed by atoms with Crippen LogP contribution in [-0.2, 0) is 0 Å². The quantitative estimate of drug-likeness (QED) is 0.832. The molecule has 1 saturated heterocycles. The van der Waals surface area contributed by atoms with Crippen molar-refractivity contribution in [3.8, 4) is 0 Å². The van der Waals surface area contributed by atoms with Gasteiger partial charge in [0.25, 0.3) is 0 Å². The molecular formula is C18H35NO. The van der Waals surface area contributed by atoms with Gasteiger partial charge >= 0.3 is 0 Å². The van der Waals surface area contributed by atoms with Crippen LogP contribution in [0.25, 0.3) is 0 Å². The largest absolute Gasteiger partial charge is 0.393 e. The molecule has 20 heavy (non-hydrogen) atoms. The van der Waals surface area contributed by atoms with Gasteiger partial charge in [-0.15, -0.1) is 0 Å². The molecule has 0 bridgehead atoms. The first-order valence-electron chi connectivity index (χ1n) is 8.67. The molecule has 2 nitrogen and oxygen atoms in total. The summed E-state index contributed by atoms with van der Waals surface area (Å²) < 4.78 is 0. The van der Waals surface area contributed by atoms with E-state index in [1.54, 1.807) is 0 Å². The molecule has 0 aromatic carbocycles. The molecule has 2 rings (SSSR count). The van der Waals surface area contributed by atoms with Gasteiger partial charge in [0, 0.05) is 13.1 Å². The van der Waals surface area contributed by atoms with Crippen molar-refractivity contribution in [2.45, 2.75) is 66.4 Å². The van der Waals surface area contributed by atoms with Crippen LogP contribution in [0.2, 0.25) is 0 Å². The summed E-state index contributed by atoms with van der Waals surface area (Å²) in [7, 11) is 0. The summed E-state index contributed by atoms with van der Waals surface area (Å²) in [6.07, 6.45) is 4.68. The van der Waals surface area contributed by atoms with E-state index in [0.717, 1.165) is 30.7 Å². The molecule has 2 aliphatic rings. The Kier molecular flexibility index (Phi) is 5.18. The Morgan fingerprint density at radius 3 is 2.35 bits per heavy atom. The Morgan fingerprint density at radius 2 is 1.75 bits per heavy atom. The maximum atomic E-state index is 10.4. The average Bonchev–Trinajstić information content (AvgIpc) is 2.35. The Labute approximate surface area is 125 Å². The number of hydrogen-bond donors (Lipinski definition) is 1. The third-order valence-electron chi connectivity index (χ3n) is 6.08. The smallest absolute Gasteiger partial charge is 0.0580 e. The molecule has 1 heterocycles. The molecule has 1 aliphatic heterocycles. The average molecular weight is 281 g/mol. The number of hydrogen-bond acceptors (Lipinski definition) is 2. The molecule has 0 aromatic rings. The number of piperidine rings is 1. The van der Waals surface area contributed by atoms with E-state index >= 15 is 0 Å². The van der Waals surface area contributed by atoms with Gasteiger partial charge in [0.05, 0.1) is 6.10 Å². The van der Waals surface area contributed by atoms with Crippen LogP contribution >= 0.6 is 0 Å². The minimum Gasteiger partial charge on any atom is -0.393 e. The summed E-state index contributed by atoms with van der Waals surface area (Å²) in [6, 6.07) is 0. The lowest BCUT2D eigenvalue weighted by atomic mass is 9.68. The predicted octanol–water partition coefficient (Wildman–Crippen LogP) is 3.79. The monoisotopic (exact) mass is 281 g/mol. The van der Waals surface area contributed by atoms with E-state index in [-0.39, 0.29) is 6.10 Å². The van der Waals surface area contributed by atoms with Gasteiger partial charge in [0.2, 0.25) is 0 Å². The molecule has 2 fully saturated rings. The molecule has 2 heteroatoms. The number of nitrogens with zero attached hydrogens (tertiary/aromatic N) is 1. The van der Waals surface area contributed by atoms with Crippen molar-refractivity contribution in [3.63, 3.8) is 0 Å². The zero-order valence-electron chi connectivity index (χ0n) is 14.2. The Morgan fingerprint density at radius 1 is 1.05 bits per heavy atom. The van der Waals surface area contributed by atoms with Crippen LogP contribution in [0.5, 0.6) is 0 Å².